The predicted molar refractivity (Wildman–Crippen MR) is 111 cm³/mol. The van der Waals surface area contributed by atoms with Crippen LogP contribution in [0.1, 0.15) is 88.1 Å². The number of carbonyl (C=O) groups is 2. The maximum absolute atomic E-state index is 14.2. The average Bonchev–Trinajstić information content (AvgIpc) is 2.69. The molecule has 0 spiro atoms. The summed E-state index contributed by atoms with van der Waals surface area (Å²) in [6, 6.07) is 1.37. The molecule has 0 aromatic heterocycles. The predicted octanol–water partition coefficient (Wildman–Crippen LogP) is 6.28. The van der Waals surface area contributed by atoms with Crippen molar-refractivity contribution in [1.82, 2.24) is 5.32 Å². The standard InChI is InChI=1S/C23H33F4NO3/c1-4-5-6-7-8-9-10-11-15-31-22(30)20(16(2)3)28-21(29)17-13-12-14-18(19(17)24)23(25,26)27/h12-14,16,20H,4-11,15H2,1-3H3,(H,28,29). The molecule has 0 heterocycles. The zero-order chi connectivity index (χ0) is 23.4. The van der Waals surface area contributed by atoms with Crippen LogP contribution in [0.5, 0.6) is 0 Å². The number of carbonyl (C=O) groups excluding carboxylic acids is 2. The Bertz CT molecular complexity index is 705. The first-order chi connectivity index (χ1) is 14.6. The maximum atomic E-state index is 14.2. The van der Waals surface area contributed by atoms with E-state index in [-0.39, 0.29) is 12.5 Å². The van der Waals surface area contributed by atoms with Gasteiger partial charge in [0.2, 0.25) is 0 Å². The Morgan fingerprint density at radius 2 is 1.58 bits per heavy atom. The second-order valence-electron chi connectivity index (χ2n) is 8.00. The van der Waals surface area contributed by atoms with Gasteiger partial charge in [-0.05, 0) is 24.5 Å². The maximum Gasteiger partial charge on any atom is 0.419 e. The average molecular weight is 448 g/mol. The summed E-state index contributed by atoms with van der Waals surface area (Å²) in [7, 11) is 0. The number of alkyl halides is 3. The summed E-state index contributed by atoms with van der Waals surface area (Å²) in [4.78, 5) is 24.7. The van der Waals surface area contributed by atoms with Crippen molar-refractivity contribution >= 4 is 11.9 Å². The topological polar surface area (TPSA) is 55.4 Å². The molecule has 0 aliphatic carbocycles. The van der Waals surface area contributed by atoms with Crippen molar-refractivity contribution < 1.29 is 31.9 Å². The molecule has 0 saturated heterocycles. The summed E-state index contributed by atoms with van der Waals surface area (Å²) >= 11 is 0. The molecule has 0 aliphatic rings. The summed E-state index contributed by atoms with van der Waals surface area (Å²) in [5.41, 5.74) is -2.30. The molecule has 0 aliphatic heterocycles. The Morgan fingerprint density at radius 3 is 2.13 bits per heavy atom. The number of hydrogen-bond donors (Lipinski definition) is 1. The third-order valence-corrected chi connectivity index (χ3v) is 5.00. The second-order valence-corrected chi connectivity index (χ2v) is 8.00. The SMILES string of the molecule is CCCCCCCCCCOC(=O)C(NC(=O)c1cccc(C(F)(F)F)c1F)C(C)C. The van der Waals surface area contributed by atoms with Gasteiger partial charge in [0.25, 0.3) is 5.91 Å². The molecule has 1 atom stereocenters. The van der Waals surface area contributed by atoms with Gasteiger partial charge in [-0.1, -0.05) is 71.8 Å². The number of hydrogen-bond acceptors (Lipinski definition) is 3. The van der Waals surface area contributed by atoms with Crippen LogP contribution in [0, 0.1) is 11.7 Å². The number of nitrogens with one attached hydrogen (secondary N) is 1. The number of amides is 1. The van der Waals surface area contributed by atoms with Crippen LogP contribution < -0.4 is 5.32 Å². The smallest absolute Gasteiger partial charge is 0.419 e. The first-order valence-corrected chi connectivity index (χ1v) is 10.9. The van der Waals surface area contributed by atoms with Crippen LogP contribution in [0.3, 0.4) is 0 Å². The highest BCUT2D eigenvalue weighted by Crippen LogP contribution is 2.32. The molecule has 1 unspecified atom stereocenters. The van der Waals surface area contributed by atoms with Gasteiger partial charge in [0.15, 0.2) is 0 Å². The van der Waals surface area contributed by atoms with Crippen molar-refractivity contribution in [3.8, 4) is 0 Å². The minimum atomic E-state index is -4.92. The minimum Gasteiger partial charge on any atom is -0.464 e. The van der Waals surface area contributed by atoms with E-state index in [0.717, 1.165) is 31.4 Å². The number of halogens is 4. The van der Waals surface area contributed by atoms with Crippen LogP contribution in [0.2, 0.25) is 0 Å². The van der Waals surface area contributed by atoms with Crippen molar-refractivity contribution in [1.29, 1.82) is 0 Å². The van der Waals surface area contributed by atoms with E-state index < -0.39 is 41.0 Å². The molecule has 31 heavy (non-hydrogen) atoms. The zero-order valence-electron chi connectivity index (χ0n) is 18.5. The van der Waals surface area contributed by atoms with Gasteiger partial charge in [-0.2, -0.15) is 13.2 Å². The number of rotatable bonds is 13. The quantitative estimate of drug-likeness (QED) is 0.220. The third kappa shape index (κ3) is 9.27. The molecule has 0 fully saturated rings. The lowest BCUT2D eigenvalue weighted by molar-refractivity contribution is -0.147. The Hall–Kier alpha value is -2.12. The highest BCUT2D eigenvalue weighted by molar-refractivity contribution is 5.97. The lowest BCUT2D eigenvalue weighted by atomic mass is 10.0. The lowest BCUT2D eigenvalue weighted by Crippen LogP contribution is -2.45. The molecule has 1 N–H and O–H groups in total. The molecule has 1 aromatic rings. The Kier molecular flexibility index (Phi) is 11.6. The second kappa shape index (κ2) is 13.3. The number of benzene rings is 1. The van der Waals surface area contributed by atoms with Crippen LogP contribution in [0.4, 0.5) is 17.6 Å². The van der Waals surface area contributed by atoms with Gasteiger partial charge in [-0.3, -0.25) is 4.79 Å². The first kappa shape index (κ1) is 26.9. The van der Waals surface area contributed by atoms with Gasteiger partial charge in [-0.15, -0.1) is 0 Å². The Balaban J connectivity index is 2.57. The van der Waals surface area contributed by atoms with Gasteiger partial charge in [0.1, 0.15) is 11.9 Å². The number of unbranched alkanes of at least 4 members (excludes halogenated alkanes) is 7. The number of ether oxygens (including phenoxy) is 1. The van der Waals surface area contributed by atoms with E-state index in [9.17, 15) is 27.2 Å². The molecular weight excluding hydrogens is 414 g/mol. The summed E-state index contributed by atoms with van der Waals surface area (Å²) in [6.45, 7) is 5.68. The van der Waals surface area contributed by atoms with E-state index in [1.165, 1.54) is 25.7 Å². The van der Waals surface area contributed by atoms with E-state index in [1.807, 2.05) is 0 Å². The highest BCUT2D eigenvalue weighted by Gasteiger charge is 2.36. The summed E-state index contributed by atoms with van der Waals surface area (Å²) in [5.74, 6) is -3.82. The number of esters is 1. The highest BCUT2D eigenvalue weighted by atomic mass is 19.4. The molecule has 176 valence electrons. The van der Waals surface area contributed by atoms with Crippen LogP contribution in [-0.4, -0.2) is 24.5 Å². The molecule has 0 saturated carbocycles. The molecule has 8 heteroatoms. The van der Waals surface area contributed by atoms with E-state index in [1.54, 1.807) is 13.8 Å². The Morgan fingerprint density at radius 1 is 1.00 bits per heavy atom. The van der Waals surface area contributed by atoms with Crippen LogP contribution in [-0.2, 0) is 15.7 Å². The molecular formula is C23H33F4NO3. The molecule has 0 radical (unpaired) electrons. The fourth-order valence-corrected chi connectivity index (χ4v) is 3.14. The van der Waals surface area contributed by atoms with Gasteiger partial charge >= 0.3 is 12.1 Å². The van der Waals surface area contributed by atoms with Crippen molar-refractivity contribution in [3.63, 3.8) is 0 Å². The van der Waals surface area contributed by atoms with E-state index in [4.69, 9.17) is 4.74 Å². The molecule has 1 aromatic carbocycles. The minimum absolute atomic E-state index is 0.199. The summed E-state index contributed by atoms with van der Waals surface area (Å²) in [5, 5.41) is 2.31. The molecule has 4 nitrogen and oxygen atoms in total. The van der Waals surface area contributed by atoms with Crippen LogP contribution >= 0.6 is 0 Å². The van der Waals surface area contributed by atoms with Gasteiger partial charge in [-0.25, -0.2) is 9.18 Å². The first-order valence-electron chi connectivity index (χ1n) is 10.9. The molecule has 0 bridgehead atoms. The van der Waals surface area contributed by atoms with E-state index >= 15 is 0 Å². The van der Waals surface area contributed by atoms with Gasteiger partial charge < -0.3 is 10.1 Å². The fraction of sp³-hybridized carbons (Fsp3) is 0.652. The molecule has 1 amide bonds. The largest absolute Gasteiger partial charge is 0.464 e. The lowest BCUT2D eigenvalue weighted by Gasteiger charge is -2.21. The third-order valence-electron chi connectivity index (χ3n) is 5.00. The van der Waals surface area contributed by atoms with Gasteiger partial charge in [0.05, 0.1) is 17.7 Å². The normalized spacial score (nSPS) is 12.6. The fourth-order valence-electron chi connectivity index (χ4n) is 3.14. The van der Waals surface area contributed by atoms with Crippen molar-refractivity contribution in [2.45, 2.75) is 84.4 Å². The van der Waals surface area contributed by atoms with E-state index in [0.29, 0.717) is 12.5 Å². The van der Waals surface area contributed by atoms with Crippen LogP contribution in [0.15, 0.2) is 18.2 Å². The van der Waals surface area contributed by atoms with E-state index in [2.05, 4.69) is 12.2 Å². The summed E-state index contributed by atoms with van der Waals surface area (Å²) < 4.78 is 58.0. The van der Waals surface area contributed by atoms with Crippen molar-refractivity contribution in [3.05, 3.63) is 35.1 Å². The van der Waals surface area contributed by atoms with Crippen molar-refractivity contribution in [2.75, 3.05) is 6.61 Å². The molecule has 1 rings (SSSR count). The zero-order valence-corrected chi connectivity index (χ0v) is 18.5. The monoisotopic (exact) mass is 447 g/mol. The summed E-state index contributed by atoms with van der Waals surface area (Å²) in [6.07, 6.45) is 3.76. The van der Waals surface area contributed by atoms with Crippen LogP contribution in [0.25, 0.3) is 0 Å². The van der Waals surface area contributed by atoms with Crippen molar-refractivity contribution in [2.24, 2.45) is 5.92 Å². The Labute approximate surface area is 181 Å². The van der Waals surface area contributed by atoms with Gasteiger partial charge in [0, 0.05) is 0 Å².